The van der Waals surface area contributed by atoms with Gasteiger partial charge in [-0.3, -0.25) is 9.59 Å². The first-order chi connectivity index (χ1) is 18.4. The highest BCUT2D eigenvalue weighted by atomic mass is 16.5. The van der Waals surface area contributed by atoms with E-state index in [-0.39, 0.29) is 52.9 Å². The summed E-state index contributed by atoms with van der Waals surface area (Å²) < 4.78 is 5.84. The van der Waals surface area contributed by atoms with E-state index in [1.807, 2.05) is 11.0 Å². The van der Waals surface area contributed by atoms with Crippen LogP contribution in [-0.4, -0.2) is 57.5 Å². The predicted molar refractivity (Wildman–Crippen MR) is 136 cm³/mol. The first kappa shape index (κ1) is 24.3. The summed E-state index contributed by atoms with van der Waals surface area (Å²) in [6.07, 6.45) is 5.67. The van der Waals surface area contributed by atoms with Gasteiger partial charge in [-0.2, -0.15) is 20.2 Å². The lowest BCUT2D eigenvalue weighted by Crippen LogP contribution is -2.38. The normalized spacial score (nSPS) is 27.8. The maximum Gasteiger partial charge on any atom is 0.321 e. The molecule has 5 fully saturated rings. The van der Waals surface area contributed by atoms with Gasteiger partial charge >= 0.3 is 6.01 Å². The average Bonchev–Trinajstić information content (AvgIpc) is 3.41. The number of carbonyl (C=O) groups excluding carboxylic acids is 2. The van der Waals surface area contributed by atoms with Crippen LogP contribution in [0, 0.1) is 35.0 Å². The van der Waals surface area contributed by atoms with Gasteiger partial charge in [-0.05, 0) is 62.5 Å². The molecule has 1 saturated heterocycles. The smallest absolute Gasteiger partial charge is 0.321 e. The molecule has 3 heterocycles. The van der Waals surface area contributed by atoms with Gasteiger partial charge in [-0.15, -0.1) is 0 Å². The van der Waals surface area contributed by atoms with Crippen LogP contribution < -0.4 is 26.4 Å². The fourth-order valence-corrected chi connectivity index (χ4v) is 5.98. The molecule has 0 spiro atoms. The number of anilines is 2. The molecule has 5 aliphatic rings. The van der Waals surface area contributed by atoms with E-state index < -0.39 is 5.91 Å². The molecule has 12 nitrogen and oxygen atoms in total. The highest BCUT2D eigenvalue weighted by molar-refractivity contribution is 5.95. The number of ether oxygens (including phenoxy) is 1. The molecule has 1 unspecified atom stereocenters. The fraction of sp³-hybridized carbons (Fsp3) is 0.577. The number of hydrogen-bond acceptors (Lipinski definition) is 10. The molecule has 2 aromatic rings. The molecule has 2 aromatic heterocycles. The van der Waals surface area contributed by atoms with Crippen LogP contribution in [0.1, 0.15) is 71.2 Å². The number of nitrogen functional groups attached to an aromatic ring is 1. The van der Waals surface area contributed by atoms with Gasteiger partial charge in [0.15, 0.2) is 5.69 Å². The summed E-state index contributed by atoms with van der Waals surface area (Å²) in [6, 6.07) is 6.03. The Morgan fingerprint density at radius 2 is 1.89 bits per heavy atom. The SMILES string of the molecule is N#C[C@@H]1C[C@@H]1COc1nc(C(=O)NC2CC3CC2C3)nc(N2CCC(c3ccc(N)c(C(N)=O)n3)CC2)n1. The number of nitrogens with two attached hydrogens (primary N) is 2. The molecule has 198 valence electrons. The molecular weight excluding hydrogens is 486 g/mol. The van der Waals surface area contributed by atoms with Gasteiger partial charge in [0.25, 0.3) is 11.8 Å². The van der Waals surface area contributed by atoms with E-state index in [0.717, 1.165) is 37.3 Å². The van der Waals surface area contributed by atoms with Crippen LogP contribution in [0.25, 0.3) is 0 Å². The molecule has 38 heavy (non-hydrogen) atoms. The molecule has 0 aromatic carbocycles. The van der Waals surface area contributed by atoms with Gasteiger partial charge in [0.2, 0.25) is 11.8 Å². The zero-order valence-electron chi connectivity index (χ0n) is 21.0. The van der Waals surface area contributed by atoms with Gasteiger partial charge in [-0.25, -0.2) is 4.98 Å². The van der Waals surface area contributed by atoms with Crippen molar-refractivity contribution in [3.8, 4) is 12.1 Å². The second-order valence-electron chi connectivity index (χ2n) is 11.0. The third kappa shape index (κ3) is 4.80. The molecule has 4 aliphatic carbocycles. The van der Waals surface area contributed by atoms with Gasteiger partial charge in [-0.1, -0.05) is 0 Å². The zero-order chi connectivity index (χ0) is 26.4. The monoisotopic (exact) mass is 517 g/mol. The number of carbonyl (C=O) groups is 2. The van der Waals surface area contributed by atoms with E-state index >= 15 is 0 Å². The Bertz CT molecular complexity index is 1300. The maximum atomic E-state index is 13.1. The molecule has 5 N–H and O–H groups in total. The second kappa shape index (κ2) is 9.70. The summed E-state index contributed by atoms with van der Waals surface area (Å²) >= 11 is 0. The third-order valence-electron chi connectivity index (χ3n) is 8.44. The molecule has 1 aliphatic heterocycles. The van der Waals surface area contributed by atoms with Gasteiger partial charge in [0, 0.05) is 36.7 Å². The lowest BCUT2D eigenvalue weighted by Gasteiger charge is -2.32. The summed E-state index contributed by atoms with van der Waals surface area (Å²) in [5.74, 6) is 1.05. The number of rotatable bonds is 8. The first-order valence-electron chi connectivity index (χ1n) is 13.3. The number of aromatic nitrogens is 4. The van der Waals surface area contributed by atoms with Crippen LogP contribution in [0.3, 0.4) is 0 Å². The quantitative estimate of drug-likeness (QED) is 0.462. The van der Waals surface area contributed by atoms with Crippen molar-refractivity contribution in [3.63, 3.8) is 0 Å². The average molecular weight is 518 g/mol. The summed E-state index contributed by atoms with van der Waals surface area (Å²) in [6.45, 7) is 1.58. The molecule has 4 saturated carbocycles. The Balaban J connectivity index is 1.17. The van der Waals surface area contributed by atoms with Crippen molar-refractivity contribution in [2.75, 3.05) is 30.3 Å². The Morgan fingerprint density at radius 1 is 1.11 bits per heavy atom. The topological polar surface area (TPSA) is 186 Å². The summed E-state index contributed by atoms with van der Waals surface area (Å²) in [4.78, 5) is 44.6. The molecule has 12 heteroatoms. The van der Waals surface area contributed by atoms with Crippen molar-refractivity contribution in [1.29, 1.82) is 5.26 Å². The van der Waals surface area contributed by atoms with Crippen molar-refractivity contribution >= 4 is 23.5 Å². The van der Waals surface area contributed by atoms with Crippen LogP contribution in [0.15, 0.2) is 12.1 Å². The van der Waals surface area contributed by atoms with E-state index in [1.165, 1.54) is 12.8 Å². The number of nitrogens with one attached hydrogen (secondary N) is 1. The van der Waals surface area contributed by atoms with Crippen LogP contribution >= 0.6 is 0 Å². The standard InChI is InChI=1S/C26H31N9O3/c27-11-16-10-17(16)12-38-26-33-23(24(37)31-20-9-13-7-15(20)8-13)32-25(34-26)35-5-3-14(4-6-35)19-2-1-18(28)21(30-19)22(29)36/h1-2,13-17,20H,3-10,12,28H2,(H2,29,36)(H,31,37)/t13?,15?,16-,17+,20?/m0/s1. The van der Waals surface area contributed by atoms with E-state index in [2.05, 4.69) is 31.3 Å². The highest BCUT2D eigenvalue weighted by Crippen LogP contribution is 2.48. The van der Waals surface area contributed by atoms with E-state index in [4.69, 9.17) is 21.5 Å². The van der Waals surface area contributed by atoms with E-state index in [1.54, 1.807) is 6.07 Å². The molecule has 2 bridgehead atoms. The first-order valence-corrected chi connectivity index (χ1v) is 13.3. The third-order valence-corrected chi connectivity index (χ3v) is 8.44. The molecule has 7 rings (SSSR count). The number of pyridine rings is 1. The van der Waals surface area contributed by atoms with Crippen LogP contribution in [-0.2, 0) is 0 Å². The minimum absolute atomic E-state index is 0.00369. The fourth-order valence-electron chi connectivity index (χ4n) is 5.98. The number of fused-ring (bicyclic) bond motifs is 1. The lowest BCUT2D eigenvalue weighted by molar-refractivity contribution is 0.0915. The van der Waals surface area contributed by atoms with Gasteiger partial charge in [0.05, 0.1) is 24.3 Å². The van der Waals surface area contributed by atoms with Crippen molar-refractivity contribution in [3.05, 3.63) is 29.3 Å². The largest absolute Gasteiger partial charge is 0.463 e. The number of primary amides is 1. The summed E-state index contributed by atoms with van der Waals surface area (Å²) in [7, 11) is 0. The van der Waals surface area contributed by atoms with E-state index in [0.29, 0.717) is 31.6 Å². The summed E-state index contributed by atoms with van der Waals surface area (Å²) in [5, 5.41) is 12.2. The minimum Gasteiger partial charge on any atom is -0.463 e. The Labute approximate surface area is 220 Å². The zero-order valence-corrected chi connectivity index (χ0v) is 21.0. The number of nitriles is 1. The van der Waals surface area contributed by atoms with Gasteiger partial charge < -0.3 is 26.4 Å². The molecule has 2 amide bonds. The predicted octanol–water partition coefficient (Wildman–Crippen LogP) is 1.40. The Hall–Kier alpha value is -4.01. The second-order valence-corrected chi connectivity index (χ2v) is 11.0. The highest BCUT2D eigenvalue weighted by Gasteiger charge is 2.45. The maximum absolute atomic E-state index is 13.1. The van der Waals surface area contributed by atoms with Crippen molar-refractivity contribution in [2.45, 2.75) is 50.5 Å². The molecule has 3 atom stereocenters. The Kier molecular flexibility index (Phi) is 6.21. The van der Waals surface area contributed by atoms with Crippen LogP contribution in [0.4, 0.5) is 11.6 Å². The van der Waals surface area contributed by atoms with Crippen molar-refractivity contribution < 1.29 is 14.3 Å². The van der Waals surface area contributed by atoms with Crippen molar-refractivity contribution in [2.24, 2.45) is 29.4 Å². The number of hydrogen-bond donors (Lipinski definition) is 3. The summed E-state index contributed by atoms with van der Waals surface area (Å²) in [5.41, 5.74) is 12.4. The number of nitrogens with zero attached hydrogens (tertiary/aromatic N) is 6. The lowest BCUT2D eigenvalue weighted by atomic mass is 9.84. The van der Waals surface area contributed by atoms with E-state index in [9.17, 15) is 9.59 Å². The van der Waals surface area contributed by atoms with Crippen LogP contribution in [0.2, 0.25) is 0 Å². The van der Waals surface area contributed by atoms with Crippen LogP contribution in [0.5, 0.6) is 6.01 Å². The minimum atomic E-state index is -0.646. The number of piperidine rings is 1. The van der Waals surface area contributed by atoms with Gasteiger partial charge in [0.1, 0.15) is 0 Å². The number of amides is 2. The molecule has 0 radical (unpaired) electrons. The van der Waals surface area contributed by atoms with Crippen molar-refractivity contribution in [1.82, 2.24) is 25.3 Å². The Morgan fingerprint density at radius 3 is 2.55 bits per heavy atom. The molecular formula is C26H31N9O3.